The fraction of sp³-hybridized carbons (Fsp3) is 0.105. The number of aryl methyl sites for hydroxylation is 1. The smallest absolute Gasteiger partial charge is 0.331 e. The number of esters is 1. The number of ether oxygens (including phenoxy) is 1. The molecule has 0 saturated heterocycles. The van der Waals surface area contributed by atoms with Crippen molar-refractivity contribution < 1.29 is 14.3 Å². The second kappa shape index (κ2) is 8.24. The van der Waals surface area contributed by atoms with Gasteiger partial charge in [0.15, 0.2) is 11.8 Å². The van der Waals surface area contributed by atoms with E-state index in [0.717, 1.165) is 5.56 Å². The third-order valence-corrected chi connectivity index (χ3v) is 4.39. The zero-order chi connectivity index (χ0) is 19.4. The van der Waals surface area contributed by atoms with Crippen LogP contribution in [-0.2, 0) is 14.3 Å². The van der Waals surface area contributed by atoms with Gasteiger partial charge in [0.05, 0.1) is 5.69 Å². The van der Waals surface area contributed by atoms with E-state index in [4.69, 9.17) is 27.9 Å². The van der Waals surface area contributed by atoms with Crippen LogP contribution in [0.5, 0.6) is 0 Å². The van der Waals surface area contributed by atoms with E-state index in [-0.39, 0.29) is 5.15 Å². The number of imidazole rings is 1. The molecule has 2 aromatic heterocycles. The second-order valence-corrected chi connectivity index (χ2v) is 6.44. The number of hydrogen-bond acceptors (Lipinski definition) is 4. The molecule has 0 spiro atoms. The summed E-state index contributed by atoms with van der Waals surface area (Å²) in [6, 6.07) is 10.6. The van der Waals surface area contributed by atoms with E-state index >= 15 is 0 Å². The van der Waals surface area contributed by atoms with Crippen LogP contribution in [0.2, 0.25) is 10.2 Å². The van der Waals surface area contributed by atoms with Crippen molar-refractivity contribution in [3.8, 4) is 0 Å². The van der Waals surface area contributed by atoms with E-state index in [2.05, 4.69) is 10.3 Å². The van der Waals surface area contributed by atoms with Crippen molar-refractivity contribution in [1.82, 2.24) is 9.38 Å². The molecule has 0 saturated carbocycles. The van der Waals surface area contributed by atoms with Gasteiger partial charge in [0.2, 0.25) is 0 Å². The Labute approximate surface area is 165 Å². The van der Waals surface area contributed by atoms with Gasteiger partial charge >= 0.3 is 5.97 Å². The minimum atomic E-state index is -0.672. The Morgan fingerprint density at radius 3 is 2.85 bits per heavy atom. The van der Waals surface area contributed by atoms with Crippen molar-refractivity contribution in [3.05, 3.63) is 70.1 Å². The lowest BCUT2D eigenvalue weighted by molar-refractivity contribution is -0.142. The van der Waals surface area contributed by atoms with E-state index < -0.39 is 18.5 Å². The van der Waals surface area contributed by atoms with Crippen LogP contribution in [0, 0.1) is 6.92 Å². The molecule has 8 heteroatoms. The van der Waals surface area contributed by atoms with Crippen LogP contribution < -0.4 is 5.32 Å². The van der Waals surface area contributed by atoms with Gasteiger partial charge in [-0.1, -0.05) is 35.3 Å². The molecule has 0 bridgehead atoms. The fourth-order valence-electron chi connectivity index (χ4n) is 2.33. The highest BCUT2D eigenvalue weighted by Crippen LogP contribution is 2.20. The van der Waals surface area contributed by atoms with Gasteiger partial charge in [0.1, 0.15) is 5.65 Å². The summed E-state index contributed by atoms with van der Waals surface area (Å²) in [4.78, 5) is 27.9. The average molecular weight is 404 g/mol. The van der Waals surface area contributed by atoms with E-state index in [1.807, 2.05) is 19.1 Å². The Kier molecular flexibility index (Phi) is 5.78. The first kappa shape index (κ1) is 18.9. The molecule has 1 aromatic carbocycles. The molecule has 0 fully saturated rings. The number of rotatable bonds is 5. The maximum absolute atomic E-state index is 11.9. The number of carbonyl (C=O) groups excluding carboxylic acids is 2. The number of anilines is 1. The number of fused-ring (bicyclic) bond motifs is 1. The summed E-state index contributed by atoms with van der Waals surface area (Å²) >= 11 is 12.1. The first-order chi connectivity index (χ1) is 12.9. The Morgan fingerprint density at radius 1 is 1.26 bits per heavy atom. The summed E-state index contributed by atoms with van der Waals surface area (Å²) in [6.07, 6.45) is 4.46. The van der Waals surface area contributed by atoms with Gasteiger partial charge in [-0.15, -0.1) is 0 Å². The Bertz CT molecular complexity index is 1040. The molecule has 6 nitrogen and oxygen atoms in total. The number of halogens is 2. The van der Waals surface area contributed by atoms with Crippen LogP contribution >= 0.6 is 23.2 Å². The molecule has 0 aliphatic heterocycles. The number of amides is 1. The van der Waals surface area contributed by atoms with Crippen molar-refractivity contribution in [2.75, 3.05) is 11.9 Å². The van der Waals surface area contributed by atoms with Crippen molar-refractivity contribution in [2.45, 2.75) is 6.92 Å². The van der Waals surface area contributed by atoms with E-state index in [0.29, 0.717) is 22.1 Å². The number of hydrogen-bond donors (Lipinski definition) is 1. The third-order valence-electron chi connectivity index (χ3n) is 3.70. The SMILES string of the molecule is Cc1ccc(NC(=O)COC(=O)/C=C/c2c(Cl)nc3ccccn23)cc1Cl. The van der Waals surface area contributed by atoms with Crippen LogP contribution in [0.15, 0.2) is 48.7 Å². The molecule has 0 atom stereocenters. The van der Waals surface area contributed by atoms with Gasteiger partial charge < -0.3 is 10.1 Å². The van der Waals surface area contributed by atoms with Crippen LogP contribution in [-0.4, -0.2) is 27.9 Å². The summed E-state index contributed by atoms with van der Waals surface area (Å²) in [7, 11) is 0. The highest BCUT2D eigenvalue weighted by molar-refractivity contribution is 6.31. The molecule has 138 valence electrons. The molecule has 27 heavy (non-hydrogen) atoms. The normalized spacial score (nSPS) is 11.1. The minimum Gasteiger partial charge on any atom is -0.452 e. The lowest BCUT2D eigenvalue weighted by atomic mass is 10.2. The molecule has 0 radical (unpaired) electrons. The highest BCUT2D eigenvalue weighted by Gasteiger charge is 2.09. The van der Waals surface area contributed by atoms with Crippen molar-refractivity contribution in [1.29, 1.82) is 0 Å². The molecular formula is C19H15Cl2N3O3. The summed E-state index contributed by atoms with van der Waals surface area (Å²) in [5, 5.41) is 3.41. The first-order valence-electron chi connectivity index (χ1n) is 7.97. The number of pyridine rings is 1. The predicted molar refractivity (Wildman–Crippen MR) is 105 cm³/mol. The monoisotopic (exact) mass is 403 g/mol. The number of nitrogens with one attached hydrogen (secondary N) is 1. The Hall–Kier alpha value is -2.83. The lowest BCUT2D eigenvalue weighted by Crippen LogP contribution is -2.20. The van der Waals surface area contributed by atoms with Crippen LogP contribution in [0.1, 0.15) is 11.3 Å². The number of benzene rings is 1. The molecule has 2 heterocycles. The molecule has 1 amide bonds. The van der Waals surface area contributed by atoms with Gasteiger partial charge in [0.25, 0.3) is 5.91 Å². The standard InChI is InChI=1S/C19H15Cl2N3O3/c1-12-5-6-13(10-14(12)20)22-17(25)11-27-18(26)8-7-15-19(21)23-16-4-2-3-9-24(15)16/h2-10H,11H2,1H3,(H,22,25)/b8-7+. The van der Waals surface area contributed by atoms with Crippen LogP contribution in [0.4, 0.5) is 5.69 Å². The quantitative estimate of drug-likeness (QED) is 0.513. The second-order valence-electron chi connectivity index (χ2n) is 5.67. The lowest BCUT2D eigenvalue weighted by Gasteiger charge is -2.07. The fourth-order valence-corrected chi connectivity index (χ4v) is 2.76. The number of carbonyl (C=O) groups is 2. The van der Waals surface area contributed by atoms with Crippen molar-refractivity contribution in [2.24, 2.45) is 0 Å². The Morgan fingerprint density at radius 2 is 2.07 bits per heavy atom. The highest BCUT2D eigenvalue weighted by atomic mass is 35.5. The average Bonchev–Trinajstić information content (AvgIpc) is 2.96. The minimum absolute atomic E-state index is 0.263. The predicted octanol–water partition coefficient (Wildman–Crippen LogP) is 4.14. The van der Waals surface area contributed by atoms with Gasteiger partial charge in [-0.05, 0) is 42.8 Å². The molecule has 3 rings (SSSR count). The zero-order valence-corrected chi connectivity index (χ0v) is 15.8. The number of aromatic nitrogens is 2. The molecule has 0 aliphatic carbocycles. The van der Waals surface area contributed by atoms with E-state index in [9.17, 15) is 9.59 Å². The van der Waals surface area contributed by atoms with E-state index in [1.165, 1.54) is 12.2 Å². The Balaban J connectivity index is 1.57. The maximum atomic E-state index is 11.9. The largest absolute Gasteiger partial charge is 0.452 e. The van der Waals surface area contributed by atoms with Crippen LogP contribution in [0.25, 0.3) is 11.7 Å². The van der Waals surface area contributed by atoms with Gasteiger partial charge in [-0.25, -0.2) is 9.78 Å². The topological polar surface area (TPSA) is 72.7 Å². The molecule has 3 aromatic rings. The number of nitrogens with zero attached hydrogens (tertiary/aromatic N) is 2. The van der Waals surface area contributed by atoms with Gasteiger partial charge in [-0.3, -0.25) is 9.20 Å². The first-order valence-corrected chi connectivity index (χ1v) is 8.73. The summed E-state index contributed by atoms with van der Waals surface area (Å²) in [5.41, 5.74) is 2.63. The summed E-state index contributed by atoms with van der Waals surface area (Å²) in [5.74, 6) is -1.14. The third kappa shape index (κ3) is 4.67. The van der Waals surface area contributed by atoms with Crippen molar-refractivity contribution >= 4 is 52.5 Å². The van der Waals surface area contributed by atoms with Crippen molar-refractivity contribution in [3.63, 3.8) is 0 Å². The van der Waals surface area contributed by atoms with E-state index in [1.54, 1.807) is 34.9 Å². The van der Waals surface area contributed by atoms with Gasteiger partial charge in [-0.2, -0.15) is 0 Å². The molecular weight excluding hydrogens is 389 g/mol. The maximum Gasteiger partial charge on any atom is 0.331 e. The van der Waals surface area contributed by atoms with Gasteiger partial charge in [0, 0.05) is 23.0 Å². The zero-order valence-electron chi connectivity index (χ0n) is 14.3. The molecule has 0 aliphatic rings. The molecule has 1 N–H and O–H groups in total. The summed E-state index contributed by atoms with van der Waals surface area (Å²) < 4.78 is 6.67. The van der Waals surface area contributed by atoms with Crippen LogP contribution in [0.3, 0.4) is 0 Å². The molecule has 0 unspecified atom stereocenters. The summed E-state index contributed by atoms with van der Waals surface area (Å²) in [6.45, 7) is 1.44.